The van der Waals surface area contributed by atoms with Crippen LogP contribution in [0.5, 0.6) is 5.75 Å². The molecule has 0 radical (unpaired) electrons. The zero-order valence-electron chi connectivity index (χ0n) is 14.8. The van der Waals surface area contributed by atoms with Crippen molar-refractivity contribution in [2.24, 2.45) is 0 Å². The molecule has 142 valence electrons. The number of benzene rings is 1. The zero-order chi connectivity index (χ0) is 19.0. The number of aryl methyl sites for hydroxylation is 1. The van der Waals surface area contributed by atoms with Gasteiger partial charge in [0.05, 0.1) is 0 Å². The maximum Gasteiger partial charge on any atom is 0.293 e. The normalized spacial score (nSPS) is 18.6. The van der Waals surface area contributed by atoms with Crippen LogP contribution in [0.3, 0.4) is 0 Å². The first kappa shape index (κ1) is 17.7. The summed E-state index contributed by atoms with van der Waals surface area (Å²) in [5, 5.41) is 0. The highest BCUT2D eigenvalue weighted by Crippen LogP contribution is 2.28. The lowest BCUT2D eigenvalue weighted by atomic mass is 10.2. The third kappa shape index (κ3) is 3.34. The summed E-state index contributed by atoms with van der Waals surface area (Å²) < 4.78 is 34.0. The second-order valence-electron chi connectivity index (χ2n) is 6.98. The third-order valence-corrected chi connectivity index (χ3v) is 5.25. The molecule has 2 aliphatic heterocycles. The van der Waals surface area contributed by atoms with Crippen molar-refractivity contribution in [3.05, 3.63) is 63.6 Å². The molecule has 2 aromatic rings. The third-order valence-electron chi connectivity index (χ3n) is 5.25. The number of carbonyl (C=O) groups excluding carboxylic acids is 1. The van der Waals surface area contributed by atoms with E-state index in [1.165, 1.54) is 10.6 Å². The number of aromatic nitrogens is 1. The Hall–Kier alpha value is -2.70. The SMILES string of the molecule is O=C([C@@H]1CCc2ccc(OCc3cc(F)ccc3F)c(=O)n21)N1CCCC1. The summed E-state index contributed by atoms with van der Waals surface area (Å²) in [5.74, 6) is -1.16. The van der Waals surface area contributed by atoms with Gasteiger partial charge in [-0.05, 0) is 56.0 Å². The fourth-order valence-corrected chi connectivity index (χ4v) is 3.83. The smallest absolute Gasteiger partial charge is 0.293 e. The fourth-order valence-electron chi connectivity index (χ4n) is 3.83. The number of rotatable bonds is 4. The second-order valence-corrected chi connectivity index (χ2v) is 6.98. The lowest BCUT2D eigenvalue weighted by Crippen LogP contribution is -2.37. The Kier molecular flexibility index (Phi) is 4.68. The number of carbonyl (C=O) groups is 1. The Morgan fingerprint density at radius 2 is 1.93 bits per heavy atom. The highest BCUT2D eigenvalue weighted by atomic mass is 19.1. The van der Waals surface area contributed by atoms with Gasteiger partial charge in [-0.2, -0.15) is 0 Å². The number of amides is 1. The summed E-state index contributed by atoms with van der Waals surface area (Å²) >= 11 is 0. The van der Waals surface area contributed by atoms with Crippen molar-refractivity contribution in [3.63, 3.8) is 0 Å². The number of hydrogen-bond donors (Lipinski definition) is 0. The van der Waals surface area contributed by atoms with Crippen LogP contribution in [0.15, 0.2) is 35.1 Å². The zero-order valence-corrected chi connectivity index (χ0v) is 14.8. The van der Waals surface area contributed by atoms with Gasteiger partial charge >= 0.3 is 0 Å². The second kappa shape index (κ2) is 7.13. The first-order valence-electron chi connectivity index (χ1n) is 9.14. The van der Waals surface area contributed by atoms with Crippen molar-refractivity contribution in [3.8, 4) is 5.75 Å². The van der Waals surface area contributed by atoms with E-state index in [9.17, 15) is 18.4 Å². The van der Waals surface area contributed by atoms with Crippen LogP contribution in [-0.2, 0) is 17.8 Å². The molecule has 0 spiro atoms. The molecule has 1 aromatic carbocycles. The molecule has 1 atom stereocenters. The van der Waals surface area contributed by atoms with E-state index in [1.807, 2.05) is 4.90 Å². The average molecular weight is 374 g/mol. The van der Waals surface area contributed by atoms with Gasteiger partial charge < -0.3 is 9.64 Å². The van der Waals surface area contributed by atoms with E-state index in [2.05, 4.69) is 0 Å². The first-order chi connectivity index (χ1) is 13.0. The quantitative estimate of drug-likeness (QED) is 0.827. The molecule has 5 nitrogen and oxygen atoms in total. The Bertz CT molecular complexity index is 935. The van der Waals surface area contributed by atoms with E-state index >= 15 is 0 Å². The molecule has 4 rings (SSSR count). The van der Waals surface area contributed by atoms with Gasteiger partial charge in [-0.1, -0.05) is 0 Å². The van der Waals surface area contributed by atoms with Crippen LogP contribution in [0.25, 0.3) is 0 Å². The summed E-state index contributed by atoms with van der Waals surface area (Å²) in [7, 11) is 0. The number of halogens is 2. The van der Waals surface area contributed by atoms with Crippen LogP contribution >= 0.6 is 0 Å². The summed E-state index contributed by atoms with van der Waals surface area (Å²) in [6, 6.07) is 5.87. The van der Waals surface area contributed by atoms with Crippen LogP contribution in [0.1, 0.15) is 36.6 Å². The average Bonchev–Trinajstić information content (AvgIpc) is 3.33. The molecule has 27 heavy (non-hydrogen) atoms. The van der Waals surface area contributed by atoms with Crippen molar-refractivity contribution < 1.29 is 18.3 Å². The number of hydrogen-bond acceptors (Lipinski definition) is 3. The van der Waals surface area contributed by atoms with Gasteiger partial charge in [0.25, 0.3) is 5.56 Å². The molecule has 2 aliphatic rings. The first-order valence-corrected chi connectivity index (χ1v) is 9.14. The minimum Gasteiger partial charge on any atom is -0.483 e. The molecule has 1 saturated heterocycles. The van der Waals surface area contributed by atoms with Gasteiger partial charge in [0, 0.05) is 24.3 Å². The Labute approximate surface area is 155 Å². The molecule has 1 fully saturated rings. The van der Waals surface area contributed by atoms with Crippen LogP contribution in [0, 0.1) is 11.6 Å². The van der Waals surface area contributed by atoms with Gasteiger partial charge in [-0.3, -0.25) is 14.2 Å². The molecular formula is C20H20F2N2O3. The minimum atomic E-state index is -0.597. The largest absolute Gasteiger partial charge is 0.483 e. The maximum atomic E-state index is 13.8. The van der Waals surface area contributed by atoms with Crippen molar-refractivity contribution in [1.29, 1.82) is 0 Å². The number of fused-ring (bicyclic) bond motifs is 1. The van der Waals surface area contributed by atoms with E-state index in [0.717, 1.165) is 49.8 Å². The monoisotopic (exact) mass is 374 g/mol. The number of likely N-dealkylation sites (tertiary alicyclic amines) is 1. The molecule has 3 heterocycles. The molecule has 0 unspecified atom stereocenters. The molecular weight excluding hydrogens is 354 g/mol. The molecule has 0 saturated carbocycles. The van der Waals surface area contributed by atoms with Crippen LogP contribution in [0.2, 0.25) is 0 Å². The molecule has 1 aromatic heterocycles. The number of nitrogens with zero attached hydrogens (tertiary/aromatic N) is 2. The highest BCUT2D eigenvalue weighted by molar-refractivity contribution is 5.81. The Balaban J connectivity index is 1.58. The number of pyridine rings is 1. The predicted molar refractivity (Wildman–Crippen MR) is 94.6 cm³/mol. The summed E-state index contributed by atoms with van der Waals surface area (Å²) in [6.07, 6.45) is 3.22. The lowest BCUT2D eigenvalue weighted by Gasteiger charge is -2.22. The lowest BCUT2D eigenvalue weighted by molar-refractivity contribution is -0.133. The van der Waals surface area contributed by atoms with E-state index in [0.29, 0.717) is 12.8 Å². The van der Waals surface area contributed by atoms with E-state index in [1.54, 1.807) is 6.07 Å². The summed E-state index contributed by atoms with van der Waals surface area (Å²) in [6.45, 7) is 1.20. The van der Waals surface area contributed by atoms with Crippen LogP contribution < -0.4 is 10.3 Å². The topological polar surface area (TPSA) is 51.5 Å². The van der Waals surface area contributed by atoms with Gasteiger partial charge in [0.15, 0.2) is 5.75 Å². The maximum absolute atomic E-state index is 13.8. The molecule has 0 N–H and O–H groups in total. The number of ether oxygens (including phenoxy) is 1. The van der Waals surface area contributed by atoms with Gasteiger partial charge in [0.1, 0.15) is 24.3 Å². The van der Waals surface area contributed by atoms with Gasteiger partial charge in [-0.15, -0.1) is 0 Å². The highest BCUT2D eigenvalue weighted by Gasteiger charge is 2.34. The van der Waals surface area contributed by atoms with E-state index in [4.69, 9.17) is 4.74 Å². The van der Waals surface area contributed by atoms with Crippen molar-refractivity contribution in [2.45, 2.75) is 38.3 Å². The van der Waals surface area contributed by atoms with Gasteiger partial charge in [0.2, 0.25) is 5.91 Å². The minimum absolute atomic E-state index is 0.0262. The Morgan fingerprint density at radius 3 is 2.70 bits per heavy atom. The molecule has 1 amide bonds. The van der Waals surface area contributed by atoms with E-state index < -0.39 is 23.2 Å². The summed E-state index contributed by atoms with van der Waals surface area (Å²) in [4.78, 5) is 27.4. The molecule has 0 bridgehead atoms. The van der Waals surface area contributed by atoms with Crippen molar-refractivity contribution >= 4 is 5.91 Å². The van der Waals surface area contributed by atoms with Crippen molar-refractivity contribution in [2.75, 3.05) is 13.1 Å². The van der Waals surface area contributed by atoms with Gasteiger partial charge in [-0.25, -0.2) is 8.78 Å². The van der Waals surface area contributed by atoms with Crippen LogP contribution in [-0.4, -0.2) is 28.5 Å². The summed E-state index contributed by atoms with van der Waals surface area (Å²) in [5.41, 5.74) is 0.422. The van der Waals surface area contributed by atoms with Crippen molar-refractivity contribution in [1.82, 2.24) is 9.47 Å². The Morgan fingerprint density at radius 1 is 1.15 bits per heavy atom. The fraction of sp³-hybridized carbons (Fsp3) is 0.400. The standard InChI is InChI=1S/C20H20F2N2O3/c21-14-3-6-16(22)13(11-14)12-27-18-8-5-15-4-7-17(24(15)20(18)26)19(25)23-9-1-2-10-23/h3,5-6,8,11,17H,1-2,4,7,9-10,12H2/t17-/m0/s1. The molecule has 7 heteroatoms. The van der Waals surface area contributed by atoms with E-state index in [-0.39, 0.29) is 23.8 Å². The van der Waals surface area contributed by atoms with Crippen LogP contribution in [0.4, 0.5) is 8.78 Å². The predicted octanol–water partition coefficient (Wildman–Crippen LogP) is 2.82. The molecule has 0 aliphatic carbocycles.